The van der Waals surface area contributed by atoms with Crippen molar-refractivity contribution in [2.75, 3.05) is 6.61 Å². The molecule has 0 aliphatic heterocycles. The number of benzene rings is 1. The summed E-state index contributed by atoms with van der Waals surface area (Å²) in [5.41, 5.74) is 0.789. The average Bonchev–Trinajstić information content (AvgIpc) is 2.31. The fraction of sp³-hybridized carbons (Fsp3) is 0.385. The molecule has 0 bridgehead atoms. The first-order valence-corrected chi connectivity index (χ1v) is 5.61. The van der Waals surface area contributed by atoms with E-state index in [0.29, 0.717) is 0 Å². The quantitative estimate of drug-likeness (QED) is 0.626. The highest BCUT2D eigenvalue weighted by atomic mass is 19.4. The van der Waals surface area contributed by atoms with E-state index in [1.165, 1.54) is 31.2 Å². The van der Waals surface area contributed by atoms with Crippen LogP contribution in [0.2, 0.25) is 0 Å². The van der Waals surface area contributed by atoms with Gasteiger partial charge in [-0.15, -0.1) is 0 Å². The molecule has 104 valence electrons. The zero-order chi connectivity index (χ0) is 14.6. The molecule has 1 aromatic rings. The van der Waals surface area contributed by atoms with Gasteiger partial charge in [0.15, 0.2) is 0 Å². The Morgan fingerprint density at radius 2 is 1.74 bits per heavy atom. The molecule has 1 unspecified atom stereocenters. The van der Waals surface area contributed by atoms with Crippen LogP contribution in [0.25, 0.3) is 0 Å². The fourth-order valence-corrected chi connectivity index (χ4v) is 1.54. The van der Waals surface area contributed by atoms with E-state index in [1.807, 2.05) is 0 Å². The van der Waals surface area contributed by atoms with Crippen LogP contribution in [0, 0.1) is 6.92 Å². The van der Waals surface area contributed by atoms with E-state index in [9.17, 15) is 22.8 Å². The zero-order valence-electron chi connectivity index (χ0n) is 10.5. The summed E-state index contributed by atoms with van der Waals surface area (Å²) in [6.07, 6.45) is -5.08. The smallest absolute Gasteiger partial charge is 0.451 e. The van der Waals surface area contributed by atoms with Gasteiger partial charge in [0.2, 0.25) is 0 Å². The molecular weight excluding hydrogens is 261 g/mol. The Morgan fingerprint density at radius 3 is 2.16 bits per heavy atom. The van der Waals surface area contributed by atoms with Crippen LogP contribution in [-0.2, 0) is 14.3 Å². The van der Waals surface area contributed by atoms with E-state index in [0.717, 1.165) is 5.56 Å². The Morgan fingerprint density at radius 1 is 1.21 bits per heavy atom. The second kappa shape index (κ2) is 5.86. The van der Waals surface area contributed by atoms with Crippen molar-refractivity contribution in [3.8, 4) is 0 Å². The summed E-state index contributed by atoms with van der Waals surface area (Å²) in [6, 6.07) is 5.71. The van der Waals surface area contributed by atoms with Crippen molar-refractivity contribution >= 4 is 11.8 Å². The number of hydrogen-bond acceptors (Lipinski definition) is 3. The highest BCUT2D eigenvalue weighted by Crippen LogP contribution is 2.29. The molecule has 3 nitrogen and oxygen atoms in total. The molecule has 19 heavy (non-hydrogen) atoms. The molecule has 1 aromatic carbocycles. The molecule has 1 rings (SSSR count). The Bertz CT molecular complexity index is 463. The number of hydrogen-bond donors (Lipinski definition) is 0. The number of esters is 1. The van der Waals surface area contributed by atoms with Crippen LogP contribution >= 0.6 is 0 Å². The van der Waals surface area contributed by atoms with Crippen molar-refractivity contribution in [2.24, 2.45) is 0 Å². The molecule has 0 saturated heterocycles. The third-order valence-corrected chi connectivity index (χ3v) is 2.47. The molecule has 0 aliphatic rings. The number of ether oxygens (including phenoxy) is 1. The predicted octanol–water partition coefficient (Wildman–Crippen LogP) is 2.77. The van der Waals surface area contributed by atoms with Gasteiger partial charge >= 0.3 is 12.1 Å². The van der Waals surface area contributed by atoms with Gasteiger partial charge in [-0.3, -0.25) is 9.59 Å². The second-order valence-electron chi connectivity index (χ2n) is 3.96. The van der Waals surface area contributed by atoms with Crippen LogP contribution in [0.15, 0.2) is 24.3 Å². The Balaban J connectivity index is 3.16. The molecular formula is C13H13F3O3. The van der Waals surface area contributed by atoms with Crippen LogP contribution in [-0.4, -0.2) is 24.5 Å². The van der Waals surface area contributed by atoms with E-state index < -0.39 is 23.8 Å². The molecule has 0 radical (unpaired) electrons. The highest BCUT2D eigenvalue weighted by Gasteiger charge is 2.47. The lowest BCUT2D eigenvalue weighted by Crippen LogP contribution is -2.34. The van der Waals surface area contributed by atoms with Crippen molar-refractivity contribution in [1.82, 2.24) is 0 Å². The van der Waals surface area contributed by atoms with Crippen LogP contribution in [0.3, 0.4) is 0 Å². The summed E-state index contributed by atoms with van der Waals surface area (Å²) in [5, 5.41) is 0. The number of carbonyl (C=O) groups excluding carboxylic acids is 2. The van der Waals surface area contributed by atoms with Crippen LogP contribution in [0.4, 0.5) is 13.2 Å². The van der Waals surface area contributed by atoms with E-state index in [1.54, 1.807) is 6.92 Å². The summed E-state index contributed by atoms with van der Waals surface area (Å²) < 4.78 is 42.1. The number of halogens is 3. The molecule has 0 saturated carbocycles. The molecule has 0 heterocycles. The maximum absolute atomic E-state index is 12.5. The van der Waals surface area contributed by atoms with Gasteiger partial charge in [-0.2, -0.15) is 13.2 Å². The summed E-state index contributed by atoms with van der Waals surface area (Å²) >= 11 is 0. The topological polar surface area (TPSA) is 43.4 Å². The van der Waals surface area contributed by atoms with Crippen LogP contribution in [0.1, 0.15) is 24.0 Å². The standard InChI is InChI=1S/C13H13F3O3/c1-3-19-12(18)10(11(17)13(14,15)16)9-6-4-8(2)5-7-9/h4-7,10H,3H2,1-2H3. The van der Waals surface area contributed by atoms with Gasteiger partial charge in [0.1, 0.15) is 5.92 Å². The van der Waals surface area contributed by atoms with Crippen LogP contribution in [0.5, 0.6) is 0 Å². The van der Waals surface area contributed by atoms with E-state index in [-0.39, 0.29) is 12.2 Å². The average molecular weight is 274 g/mol. The fourth-order valence-electron chi connectivity index (χ4n) is 1.54. The van der Waals surface area contributed by atoms with E-state index in [4.69, 9.17) is 0 Å². The van der Waals surface area contributed by atoms with Crippen molar-refractivity contribution in [1.29, 1.82) is 0 Å². The first kappa shape index (κ1) is 15.2. The molecule has 0 fully saturated rings. The van der Waals surface area contributed by atoms with Gasteiger partial charge < -0.3 is 4.74 Å². The minimum Gasteiger partial charge on any atom is -0.465 e. The number of ketones is 1. The summed E-state index contributed by atoms with van der Waals surface area (Å²) in [7, 11) is 0. The molecule has 0 N–H and O–H groups in total. The number of aryl methyl sites for hydroxylation is 1. The SMILES string of the molecule is CCOC(=O)C(C(=O)C(F)(F)F)c1ccc(C)cc1. The number of Topliss-reactive ketones (excluding diaryl/α,β-unsaturated/α-hetero) is 1. The lowest BCUT2D eigenvalue weighted by Gasteiger charge is -2.16. The number of alkyl halides is 3. The van der Waals surface area contributed by atoms with Gasteiger partial charge in [0.05, 0.1) is 6.61 Å². The van der Waals surface area contributed by atoms with Gasteiger partial charge in [0, 0.05) is 0 Å². The van der Waals surface area contributed by atoms with Gasteiger partial charge in [-0.1, -0.05) is 29.8 Å². The summed E-state index contributed by atoms with van der Waals surface area (Å²) in [4.78, 5) is 22.9. The Hall–Kier alpha value is -1.85. The minimum absolute atomic E-state index is 0.0219. The molecule has 0 amide bonds. The van der Waals surface area contributed by atoms with E-state index >= 15 is 0 Å². The Kier molecular flexibility index (Phi) is 4.69. The third kappa shape index (κ3) is 3.81. The lowest BCUT2D eigenvalue weighted by atomic mass is 9.93. The van der Waals surface area contributed by atoms with Gasteiger partial charge in [0.25, 0.3) is 5.78 Å². The normalized spacial score (nSPS) is 12.9. The second-order valence-corrected chi connectivity index (χ2v) is 3.96. The van der Waals surface area contributed by atoms with E-state index in [2.05, 4.69) is 4.74 Å². The number of rotatable bonds is 4. The van der Waals surface area contributed by atoms with Gasteiger partial charge in [-0.05, 0) is 19.4 Å². The van der Waals surface area contributed by atoms with Gasteiger partial charge in [-0.25, -0.2) is 0 Å². The molecule has 0 aromatic heterocycles. The molecule has 1 atom stereocenters. The Labute approximate surface area is 108 Å². The first-order valence-electron chi connectivity index (χ1n) is 5.61. The van der Waals surface area contributed by atoms with Crippen LogP contribution < -0.4 is 0 Å². The van der Waals surface area contributed by atoms with Crippen molar-refractivity contribution in [3.63, 3.8) is 0 Å². The van der Waals surface area contributed by atoms with Crippen molar-refractivity contribution in [3.05, 3.63) is 35.4 Å². The van der Waals surface area contributed by atoms with Crippen molar-refractivity contribution in [2.45, 2.75) is 25.9 Å². The monoisotopic (exact) mass is 274 g/mol. The number of carbonyl (C=O) groups is 2. The van der Waals surface area contributed by atoms with Crippen molar-refractivity contribution < 1.29 is 27.5 Å². The summed E-state index contributed by atoms with van der Waals surface area (Å²) in [6.45, 7) is 3.11. The third-order valence-electron chi connectivity index (χ3n) is 2.47. The lowest BCUT2D eigenvalue weighted by molar-refractivity contribution is -0.177. The zero-order valence-corrected chi connectivity index (χ0v) is 10.5. The molecule has 6 heteroatoms. The maximum atomic E-state index is 12.5. The predicted molar refractivity (Wildman–Crippen MR) is 61.6 cm³/mol. The molecule has 0 spiro atoms. The molecule has 0 aliphatic carbocycles. The largest absolute Gasteiger partial charge is 0.465 e. The summed E-state index contributed by atoms with van der Waals surface area (Å²) in [5.74, 6) is -5.26. The first-order chi connectivity index (χ1) is 8.77. The highest BCUT2D eigenvalue weighted by molar-refractivity contribution is 6.07. The minimum atomic E-state index is -5.08. The maximum Gasteiger partial charge on any atom is 0.451 e.